The summed E-state index contributed by atoms with van der Waals surface area (Å²) >= 11 is 0. The predicted molar refractivity (Wildman–Crippen MR) is 83.1 cm³/mol. The van der Waals surface area contributed by atoms with E-state index in [4.69, 9.17) is 0 Å². The molecule has 0 bridgehead atoms. The third-order valence-corrected chi connectivity index (χ3v) is 3.85. The van der Waals surface area contributed by atoms with Crippen molar-refractivity contribution >= 4 is 11.6 Å². The summed E-state index contributed by atoms with van der Waals surface area (Å²) in [6.07, 6.45) is 2.60. The fourth-order valence-electron chi connectivity index (χ4n) is 2.80. The molecule has 20 heavy (non-hydrogen) atoms. The Labute approximate surface area is 121 Å². The minimum Gasteiger partial charge on any atom is -0.367 e. The standard InChI is InChI=1S/C16H25N3O/c1-13-12-14-6-3-4-7-15(14)19(13)11-10-18-16(20)8-5-9-17-2/h3-4,6-7,13,17H,5,8-12H2,1-2H3,(H,18,20). The number of hydrogen-bond acceptors (Lipinski definition) is 3. The van der Waals surface area contributed by atoms with Crippen LogP contribution < -0.4 is 15.5 Å². The van der Waals surface area contributed by atoms with Crippen LogP contribution in [0, 0.1) is 0 Å². The Balaban J connectivity index is 1.76. The number of para-hydroxylation sites is 1. The SMILES string of the molecule is CNCCCC(=O)NCCN1c2ccccc2CC1C. The van der Waals surface area contributed by atoms with Crippen LogP contribution >= 0.6 is 0 Å². The Morgan fingerprint density at radius 1 is 1.35 bits per heavy atom. The second-order valence-corrected chi connectivity index (χ2v) is 5.43. The van der Waals surface area contributed by atoms with Crippen LogP contribution in [0.5, 0.6) is 0 Å². The highest BCUT2D eigenvalue weighted by atomic mass is 16.1. The summed E-state index contributed by atoms with van der Waals surface area (Å²) in [6.45, 7) is 4.74. The molecular weight excluding hydrogens is 250 g/mol. The van der Waals surface area contributed by atoms with E-state index in [1.807, 2.05) is 7.05 Å². The molecule has 0 fully saturated rings. The van der Waals surface area contributed by atoms with Gasteiger partial charge < -0.3 is 15.5 Å². The first-order chi connectivity index (χ1) is 9.72. The number of rotatable bonds is 7. The van der Waals surface area contributed by atoms with E-state index < -0.39 is 0 Å². The summed E-state index contributed by atoms with van der Waals surface area (Å²) in [5.41, 5.74) is 2.74. The van der Waals surface area contributed by atoms with Gasteiger partial charge >= 0.3 is 0 Å². The molecule has 0 spiro atoms. The van der Waals surface area contributed by atoms with Crippen molar-refractivity contribution in [2.24, 2.45) is 0 Å². The Hall–Kier alpha value is -1.55. The lowest BCUT2D eigenvalue weighted by molar-refractivity contribution is -0.121. The van der Waals surface area contributed by atoms with Gasteiger partial charge in [-0.05, 0) is 45.0 Å². The first-order valence-corrected chi connectivity index (χ1v) is 7.48. The van der Waals surface area contributed by atoms with Gasteiger partial charge in [0.15, 0.2) is 0 Å². The van der Waals surface area contributed by atoms with Gasteiger partial charge in [0.05, 0.1) is 0 Å². The van der Waals surface area contributed by atoms with E-state index >= 15 is 0 Å². The van der Waals surface area contributed by atoms with Gasteiger partial charge in [0, 0.05) is 31.2 Å². The van der Waals surface area contributed by atoms with E-state index in [1.54, 1.807) is 0 Å². The van der Waals surface area contributed by atoms with Crippen LogP contribution in [-0.4, -0.2) is 38.6 Å². The first kappa shape index (κ1) is 14.9. The highest BCUT2D eigenvalue weighted by molar-refractivity contribution is 5.75. The predicted octanol–water partition coefficient (Wildman–Crippen LogP) is 1.55. The number of carbonyl (C=O) groups excluding carboxylic acids is 1. The molecule has 0 aromatic heterocycles. The smallest absolute Gasteiger partial charge is 0.220 e. The molecule has 2 N–H and O–H groups in total. The van der Waals surface area contributed by atoms with Crippen molar-refractivity contribution < 1.29 is 4.79 Å². The van der Waals surface area contributed by atoms with Crippen LogP contribution in [0.2, 0.25) is 0 Å². The van der Waals surface area contributed by atoms with Gasteiger partial charge in [-0.3, -0.25) is 4.79 Å². The average Bonchev–Trinajstić information content (AvgIpc) is 2.75. The number of anilines is 1. The van der Waals surface area contributed by atoms with E-state index in [0.29, 0.717) is 12.5 Å². The van der Waals surface area contributed by atoms with E-state index in [2.05, 4.69) is 46.7 Å². The molecule has 2 rings (SSSR count). The minimum absolute atomic E-state index is 0.153. The van der Waals surface area contributed by atoms with Gasteiger partial charge in [0.1, 0.15) is 0 Å². The summed E-state index contributed by atoms with van der Waals surface area (Å²) < 4.78 is 0. The molecule has 1 aliphatic rings. The van der Waals surface area contributed by atoms with Crippen molar-refractivity contribution in [3.05, 3.63) is 29.8 Å². The Bertz CT molecular complexity index is 447. The Kier molecular flexibility index (Phi) is 5.41. The van der Waals surface area contributed by atoms with Gasteiger partial charge in [0.2, 0.25) is 5.91 Å². The van der Waals surface area contributed by atoms with Crippen molar-refractivity contribution in [2.75, 3.05) is 31.6 Å². The van der Waals surface area contributed by atoms with Crippen molar-refractivity contribution in [1.82, 2.24) is 10.6 Å². The maximum absolute atomic E-state index is 11.7. The zero-order valence-corrected chi connectivity index (χ0v) is 12.5. The van der Waals surface area contributed by atoms with Crippen LogP contribution in [0.15, 0.2) is 24.3 Å². The molecule has 0 saturated heterocycles. The van der Waals surface area contributed by atoms with Crippen molar-refractivity contribution in [3.63, 3.8) is 0 Å². The van der Waals surface area contributed by atoms with Crippen LogP contribution in [-0.2, 0) is 11.2 Å². The number of amides is 1. The zero-order valence-electron chi connectivity index (χ0n) is 12.5. The third-order valence-electron chi connectivity index (χ3n) is 3.85. The van der Waals surface area contributed by atoms with Gasteiger partial charge in [-0.15, -0.1) is 0 Å². The lowest BCUT2D eigenvalue weighted by Gasteiger charge is -2.25. The second kappa shape index (κ2) is 7.29. The van der Waals surface area contributed by atoms with Gasteiger partial charge in [-0.2, -0.15) is 0 Å². The largest absolute Gasteiger partial charge is 0.367 e. The maximum Gasteiger partial charge on any atom is 0.220 e. The fourth-order valence-corrected chi connectivity index (χ4v) is 2.80. The van der Waals surface area contributed by atoms with Gasteiger partial charge in [-0.25, -0.2) is 0 Å². The lowest BCUT2D eigenvalue weighted by Crippen LogP contribution is -2.37. The molecule has 110 valence electrons. The molecule has 1 aliphatic heterocycles. The Morgan fingerprint density at radius 2 is 2.15 bits per heavy atom. The van der Waals surface area contributed by atoms with Gasteiger partial charge in [-0.1, -0.05) is 18.2 Å². The molecular formula is C16H25N3O. The van der Waals surface area contributed by atoms with Crippen LogP contribution in [0.1, 0.15) is 25.3 Å². The summed E-state index contributed by atoms with van der Waals surface area (Å²) in [5.74, 6) is 0.153. The highest BCUT2D eigenvalue weighted by Crippen LogP contribution is 2.31. The number of benzene rings is 1. The van der Waals surface area contributed by atoms with Gasteiger partial charge in [0.25, 0.3) is 0 Å². The average molecular weight is 275 g/mol. The molecule has 0 radical (unpaired) electrons. The normalized spacial score (nSPS) is 17.1. The first-order valence-electron chi connectivity index (χ1n) is 7.48. The number of hydrogen-bond donors (Lipinski definition) is 2. The molecule has 4 heteroatoms. The van der Waals surface area contributed by atoms with E-state index in [1.165, 1.54) is 11.3 Å². The molecule has 1 atom stereocenters. The molecule has 4 nitrogen and oxygen atoms in total. The zero-order chi connectivity index (χ0) is 14.4. The summed E-state index contributed by atoms with van der Waals surface area (Å²) in [7, 11) is 1.91. The Morgan fingerprint density at radius 3 is 2.95 bits per heavy atom. The highest BCUT2D eigenvalue weighted by Gasteiger charge is 2.24. The molecule has 1 unspecified atom stereocenters. The van der Waals surface area contributed by atoms with E-state index in [0.717, 1.165) is 32.5 Å². The van der Waals surface area contributed by atoms with Crippen LogP contribution in [0.3, 0.4) is 0 Å². The molecule has 0 saturated carbocycles. The summed E-state index contributed by atoms with van der Waals surface area (Å²) in [6, 6.07) is 9.07. The molecule has 1 heterocycles. The van der Waals surface area contributed by atoms with E-state index in [-0.39, 0.29) is 5.91 Å². The number of nitrogens with one attached hydrogen (secondary N) is 2. The number of carbonyl (C=O) groups is 1. The lowest BCUT2D eigenvalue weighted by atomic mass is 10.1. The molecule has 0 aliphatic carbocycles. The van der Waals surface area contributed by atoms with Crippen LogP contribution in [0.25, 0.3) is 0 Å². The quantitative estimate of drug-likeness (QED) is 0.742. The monoisotopic (exact) mass is 275 g/mol. The second-order valence-electron chi connectivity index (χ2n) is 5.43. The van der Waals surface area contributed by atoms with Crippen molar-refractivity contribution in [2.45, 2.75) is 32.2 Å². The van der Waals surface area contributed by atoms with E-state index in [9.17, 15) is 4.79 Å². The summed E-state index contributed by atoms with van der Waals surface area (Å²) in [4.78, 5) is 14.1. The fraction of sp³-hybridized carbons (Fsp3) is 0.562. The third kappa shape index (κ3) is 3.73. The molecule has 1 amide bonds. The van der Waals surface area contributed by atoms with Crippen molar-refractivity contribution in [3.8, 4) is 0 Å². The van der Waals surface area contributed by atoms with Crippen molar-refractivity contribution in [1.29, 1.82) is 0 Å². The summed E-state index contributed by atoms with van der Waals surface area (Å²) in [5, 5.41) is 6.06. The molecule has 1 aromatic carbocycles. The number of fused-ring (bicyclic) bond motifs is 1. The van der Waals surface area contributed by atoms with Crippen LogP contribution in [0.4, 0.5) is 5.69 Å². The maximum atomic E-state index is 11.7. The molecule has 1 aromatic rings. The number of nitrogens with zero attached hydrogens (tertiary/aromatic N) is 1. The minimum atomic E-state index is 0.153. The topological polar surface area (TPSA) is 44.4 Å².